The van der Waals surface area contributed by atoms with Crippen LogP contribution in [0.5, 0.6) is 0 Å². The quantitative estimate of drug-likeness (QED) is 0.213. The molecule has 0 bridgehead atoms. The summed E-state index contributed by atoms with van der Waals surface area (Å²) in [5, 5.41) is 4.59. The highest BCUT2D eigenvalue weighted by atomic mass is 16.3. The third-order valence-corrected chi connectivity index (χ3v) is 8.28. The number of hydrogen-bond donors (Lipinski definition) is 0. The van der Waals surface area contributed by atoms with E-state index in [1.54, 1.807) is 0 Å². The molecule has 0 saturated carbocycles. The third kappa shape index (κ3) is 3.83. The lowest BCUT2D eigenvalue weighted by atomic mass is 10.1. The number of rotatable bonds is 4. The summed E-state index contributed by atoms with van der Waals surface area (Å²) in [5.74, 6) is 1.80. The Morgan fingerprint density at radius 3 is 1.66 bits per heavy atom. The van der Waals surface area contributed by atoms with E-state index in [1.807, 2.05) is 60.7 Å². The van der Waals surface area contributed by atoms with E-state index in [1.165, 1.54) is 21.8 Å². The van der Waals surface area contributed by atoms with Crippen molar-refractivity contribution in [1.82, 2.24) is 19.5 Å². The molecule has 0 N–H and O–H groups in total. The van der Waals surface area contributed by atoms with E-state index in [2.05, 4.69) is 89.5 Å². The highest BCUT2D eigenvalue weighted by Gasteiger charge is 2.18. The SMILES string of the molecule is c1ccc(-c2nc(-c3ccc(-n4c5ccccc5c5ccccc54)cc3)nc(-c3cccc4c3oc3ccccc34)n2)cc1. The molecule has 9 rings (SSSR count). The van der Waals surface area contributed by atoms with Crippen molar-refractivity contribution in [1.29, 1.82) is 0 Å². The van der Waals surface area contributed by atoms with Crippen LogP contribution in [0.2, 0.25) is 0 Å². The monoisotopic (exact) mass is 564 g/mol. The maximum absolute atomic E-state index is 6.35. The lowest BCUT2D eigenvalue weighted by Gasteiger charge is -2.11. The first-order valence-corrected chi connectivity index (χ1v) is 14.6. The molecule has 0 atom stereocenters. The van der Waals surface area contributed by atoms with Gasteiger partial charge in [-0.15, -0.1) is 0 Å². The summed E-state index contributed by atoms with van der Waals surface area (Å²) in [6, 6.07) is 49.8. The van der Waals surface area contributed by atoms with Crippen LogP contribution in [-0.4, -0.2) is 19.5 Å². The summed E-state index contributed by atoms with van der Waals surface area (Å²) in [6.45, 7) is 0. The van der Waals surface area contributed by atoms with Gasteiger partial charge in [0.2, 0.25) is 0 Å². The Labute approximate surface area is 252 Å². The van der Waals surface area contributed by atoms with Gasteiger partial charge in [-0.05, 0) is 48.5 Å². The molecular weight excluding hydrogens is 540 g/mol. The highest BCUT2D eigenvalue weighted by Crippen LogP contribution is 2.36. The highest BCUT2D eigenvalue weighted by molar-refractivity contribution is 6.10. The van der Waals surface area contributed by atoms with Crippen molar-refractivity contribution in [2.24, 2.45) is 0 Å². The van der Waals surface area contributed by atoms with Crippen LogP contribution in [0, 0.1) is 0 Å². The van der Waals surface area contributed by atoms with E-state index in [0.717, 1.165) is 44.3 Å². The largest absolute Gasteiger partial charge is 0.455 e. The molecule has 5 heteroatoms. The normalized spacial score (nSPS) is 11.6. The van der Waals surface area contributed by atoms with Crippen molar-refractivity contribution in [3.63, 3.8) is 0 Å². The van der Waals surface area contributed by atoms with Crippen LogP contribution in [0.1, 0.15) is 0 Å². The van der Waals surface area contributed by atoms with Crippen LogP contribution in [-0.2, 0) is 0 Å². The van der Waals surface area contributed by atoms with Crippen LogP contribution in [0.15, 0.2) is 150 Å². The molecule has 0 amide bonds. The number of furan rings is 1. The molecule has 206 valence electrons. The first-order valence-electron chi connectivity index (χ1n) is 14.6. The van der Waals surface area contributed by atoms with Crippen molar-refractivity contribution in [3.05, 3.63) is 146 Å². The average Bonchev–Trinajstić information content (AvgIpc) is 3.65. The van der Waals surface area contributed by atoms with E-state index in [9.17, 15) is 0 Å². The number of fused-ring (bicyclic) bond motifs is 6. The Morgan fingerprint density at radius 2 is 0.955 bits per heavy atom. The van der Waals surface area contributed by atoms with Crippen molar-refractivity contribution >= 4 is 43.7 Å². The van der Waals surface area contributed by atoms with Gasteiger partial charge in [0, 0.05) is 38.4 Å². The lowest BCUT2D eigenvalue weighted by Crippen LogP contribution is -2.00. The van der Waals surface area contributed by atoms with Crippen molar-refractivity contribution < 1.29 is 4.42 Å². The molecule has 0 saturated heterocycles. The Kier molecular flexibility index (Phi) is 5.43. The molecule has 0 spiro atoms. The standard InChI is InChI=1S/C39H24N4O/c1-2-11-25(12-3-1)37-40-38(42-39(41-37)32-17-10-16-31-30-15-6-9-20-35(30)44-36(31)32)26-21-23-27(24-22-26)43-33-18-7-4-13-28(33)29-14-5-8-19-34(29)43/h1-24H. The number of para-hydroxylation sites is 4. The van der Waals surface area contributed by atoms with Gasteiger partial charge in [-0.25, -0.2) is 15.0 Å². The molecule has 0 aliphatic carbocycles. The molecule has 0 fully saturated rings. The molecule has 3 aromatic heterocycles. The zero-order valence-corrected chi connectivity index (χ0v) is 23.6. The van der Waals surface area contributed by atoms with E-state index in [-0.39, 0.29) is 0 Å². The number of nitrogens with zero attached hydrogens (tertiary/aromatic N) is 4. The molecule has 0 aliphatic heterocycles. The Balaban J connectivity index is 1.22. The van der Waals surface area contributed by atoms with Crippen molar-refractivity contribution in [3.8, 4) is 39.9 Å². The maximum atomic E-state index is 6.35. The molecule has 6 aromatic carbocycles. The summed E-state index contributed by atoms with van der Waals surface area (Å²) in [4.78, 5) is 14.9. The summed E-state index contributed by atoms with van der Waals surface area (Å²) in [6.07, 6.45) is 0. The summed E-state index contributed by atoms with van der Waals surface area (Å²) in [7, 11) is 0. The van der Waals surface area contributed by atoms with Gasteiger partial charge < -0.3 is 8.98 Å². The zero-order chi connectivity index (χ0) is 29.0. The van der Waals surface area contributed by atoms with E-state index in [0.29, 0.717) is 17.5 Å². The van der Waals surface area contributed by atoms with Crippen LogP contribution < -0.4 is 0 Å². The van der Waals surface area contributed by atoms with Crippen LogP contribution in [0.4, 0.5) is 0 Å². The maximum Gasteiger partial charge on any atom is 0.167 e. The number of hydrogen-bond acceptors (Lipinski definition) is 4. The van der Waals surface area contributed by atoms with Gasteiger partial charge >= 0.3 is 0 Å². The van der Waals surface area contributed by atoms with Crippen molar-refractivity contribution in [2.75, 3.05) is 0 Å². The molecular formula is C39H24N4O. The van der Waals surface area contributed by atoms with Crippen LogP contribution in [0.25, 0.3) is 83.6 Å². The van der Waals surface area contributed by atoms with E-state index in [4.69, 9.17) is 19.4 Å². The van der Waals surface area contributed by atoms with Gasteiger partial charge in [0.15, 0.2) is 17.5 Å². The smallest absolute Gasteiger partial charge is 0.167 e. The van der Waals surface area contributed by atoms with E-state index < -0.39 is 0 Å². The minimum atomic E-state index is 0.574. The molecule has 0 radical (unpaired) electrons. The predicted molar refractivity (Wildman–Crippen MR) is 178 cm³/mol. The van der Waals surface area contributed by atoms with Crippen molar-refractivity contribution in [2.45, 2.75) is 0 Å². The van der Waals surface area contributed by atoms with Crippen LogP contribution >= 0.6 is 0 Å². The zero-order valence-electron chi connectivity index (χ0n) is 23.6. The fourth-order valence-corrected chi connectivity index (χ4v) is 6.23. The minimum absolute atomic E-state index is 0.574. The van der Waals surface area contributed by atoms with E-state index >= 15 is 0 Å². The first-order chi connectivity index (χ1) is 21.8. The Morgan fingerprint density at radius 1 is 0.409 bits per heavy atom. The summed E-state index contributed by atoms with van der Waals surface area (Å²) >= 11 is 0. The van der Waals surface area contributed by atoms with Gasteiger partial charge in [0.05, 0.1) is 16.6 Å². The molecule has 0 aliphatic rings. The van der Waals surface area contributed by atoms with Gasteiger partial charge in [0.1, 0.15) is 11.2 Å². The molecule has 44 heavy (non-hydrogen) atoms. The number of aromatic nitrogens is 4. The molecule has 0 unspecified atom stereocenters. The van der Waals surface area contributed by atoms with Gasteiger partial charge in [-0.1, -0.05) is 97.1 Å². The van der Waals surface area contributed by atoms with Gasteiger partial charge in [0.25, 0.3) is 0 Å². The predicted octanol–water partition coefficient (Wildman–Crippen LogP) is 9.87. The second kappa shape index (κ2) is 9.75. The van der Waals surface area contributed by atoms with Gasteiger partial charge in [-0.3, -0.25) is 0 Å². The van der Waals surface area contributed by atoms with Gasteiger partial charge in [-0.2, -0.15) is 0 Å². The number of benzene rings is 6. The first kappa shape index (κ1) is 24.5. The third-order valence-electron chi connectivity index (χ3n) is 8.28. The average molecular weight is 565 g/mol. The Hall–Kier alpha value is -6.07. The summed E-state index contributed by atoms with van der Waals surface area (Å²) in [5.41, 5.74) is 7.71. The molecule has 3 heterocycles. The fraction of sp³-hybridized carbons (Fsp3) is 0. The molecule has 9 aromatic rings. The second-order valence-electron chi connectivity index (χ2n) is 10.9. The lowest BCUT2D eigenvalue weighted by molar-refractivity contribution is 0.669. The second-order valence-corrected chi connectivity index (χ2v) is 10.9. The molecule has 5 nitrogen and oxygen atoms in total. The summed E-state index contributed by atoms with van der Waals surface area (Å²) < 4.78 is 8.66. The topological polar surface area (TPSA) is 56.7 Å². The minimum Gasteiger partial charge on any atom is -0.455 e. The Bertz CT molecular complexity index is 2440. The fourth-order valence-electron chi connectivity index (χ4n) is 6.23. The van der Waals surface area contributed by atoms with Crippen LogP contribution in [0.3, 0.4) is 0 Å².